The molecule has 4 heterocycles. The van der Waals surface area contributed by atoms with Crippen molar-refractivity contribution in [1.82, 2.24) is 14.9 Å². The third kappa shape index (κ3) is 4.13. The van der Waals surface area contributed by atoms with Crippen molar-refractivity contribution in [2.45, 2.75) is 25.8 Å². The first-order valence-corrected chi connectivity index (χ1v) is 9.63. The van der Waals surface area contributed by atoms with E-state index in [-0.39, 0.29) is 0 Å². The highest BCUT2D eigenvalue weighted by Gasteiger charge is 2.32. The van der Waals surface area contributed by atoms with Crippen LogP contribution in [-0.2, 0) is 6.54 Å². The fraction of sp³-hybridized carbons (Fsp3) is 0.500. The molecule has 25 heavy (non-hydrogen) atoms. The minimum Gasteiger partial charge on any atom is -0.356 e. The van der Waals surface area contributed by atoms with Gasteiger partial charge < -0.3 is 4.90 Å². The predicted molar refractivity (Wildman–Crippen MR) is 102 cm³/mol. The molecular weight excluding hydrogens is 332 g/mol. The van der Waals surface area contributed by atoms with Gasteiger partial charge in [-0.1, -0.05) is 17.7 Å². The van der Waals surface area contributed by atoms with Gasteiger partial charge in [0.2, 0.25) is 0 Å². The van der Waals surface area contributed by atoms with Crippen LogP contribution in [0.25, 0.3) is 0 Å². The normalized spacial score (nSPS) is 22.4. The Kier molecular flexibility index (Phi) is 5.18. The Labute approximate surface area is 154 Å². The summed E-state index contributed by atoms with van der Waals surface area (Å²) in [5, 5.41) is 0.709. The van der Waals surface area contributed by atoms with Crippen molar-refractivity contribution in [2.24, 2.45) is 11.8 Å². The van der Waals surface area contributed by atoms with Crippen molar-refractivity contribution >= 4 is 17.4 Å². The zero-order valence-electron chi connectivity index (χ0n) is 14.5. The molecule has 2 aliphatic rings. The van der Waals surface area contributed by atoms with Crippen molar-refractivity contribution in [3.8, 4) is 0 Å². The molecule has 0 amide bonds. The van der Waals surface area contributed by atoms with Gasteiger partial charge in [0.15, 0.2) is 0 Å². The van der Waals surface area contributed by atoms with Crippen molar-refractivity contribution < 1.29 is 0 Å². The zero-order chi connectivity index (χ0) is 17.1. The first kappa shape index (κ1) is 16.8. The van der Waals surface area contributed by atoms with Crippen molar-refractivity contribution in [2.75, 3.05) is 31.1 Å². The summed E-state index contributed by atoms with van der Waals surface area (Å²) >= 11 is 5.95. The number of hydrogen-bond donors (Lipinski definition) is 0. The summed E-state index contributed by atoms with van der Waals surface area (Å²) in [6.45, 7) is 5.70. The lowest BCUT2D eigenvalue weighted by Gasteiger charge is -2.34. The molecule has 0 spiro atoms. The molecular formula is C20H25ClN4. The van der Waals surface area contributed by atoms with Crippen LogP contribution in [0.15, 0.2) is 42.9 Å². The fourth-order valence-corrected chi connectivity index (χ4v) is 4.38. The van der Waals surface area contributed by atoms with Gasteiger partial charge in [-0.25, -0.2) is 4.98 Å². The number of halogens is 1. The second-order valence-electron chi connectivity index (χ2n) is 7.30. The van der Waals surface area contributed by atoms with Crippen molar-refractivity contribution in [3.05, 3.63) is 53.4 Å². The van der Waals surface area contributed by atoms with Crippen LogP contribution in [0.1, 0.15) is 24.8 Å². The van der Waals surface area contributed by atoms with Gasteiger partial charge in [-0.2, -0.15) is 0 Å². The van der Waals surface area contributed by atoms with E-state index in [4.69, 9.17) is 11.6 Å². The Morgan fingerprint density at radius 3 is 2.56 bits per heavy atom. The van der Waals surface area contributed by atoms with Gasteiger partial charge in [0.25, 0.3) is 0 Å². The highest BCUT2D eigenvalue weighted by Crippen LogP contribution is 2.33. The first-order valence-electron chi connectivity index (χ1n) is 9.26. The average molecular weight is 357 g/mol. The highest BCUT2D eigenvalue weighted by molar-refractivity contribution is 6.30. The predicted octanol–water partition coefficient (Wildman–Crippen LogP) is 3.87. The van der Waals surface area contributed by atoms with Crippen LogP contribution in [0, 0.1) is 11.8 Å². The minimum atomic E-state index is 0.709. The second-order valence-corrected chi connectivity index (χ2v) is 7.74. The van der Waals surface area contributed by atoms with Crippen molar-refractivity contribution in [1.29, 1.82) is 0 Å². The summed E-state index contributed by atoms with van der Waals surface area (Å²) in [6.07, 6.45) is 9.50. The summed E-state index contributed by atoms with van der Waals surface area (Å²) < 4.78 is 0. The SMILES string of the molecule is Clc1ccc(N2CC[C@@H](C3CCN(Cc4cccnc4)CC3)C2)nc1. The van der Waals surface area contributed by atoms with Crippen LogP contribution in [-0.4, -0.2) is 41.0 Å². The quantitative estimate of drug-likeness (QED) is 0.832. The molecule has 4 nitrogen and oxygen atoms in total. The fourth-order valence-electron chi connectivity index (χ4n) is 4.27. The van der Waals surface area contributed by atoms with Crippen molar-refractivity contribution in [3.63, 3.8) is 0 Å². The lowest BCUT2D eigenvalue weighted by molar-refractivity contribution is 0.147. The minimum absolute atomic E-state index is 0.709. The van der Waals surface area contributed by atoms with Gasteiger partial charge in [-0.05, 0) is 68.0 Å². The Bertz CT molecular complexity index is 668. The van der Waals surface area contributed by atoms with E-state index in [1.807, 2.05) is 30.6 Å². The van der Waals surface area contributed by atoms with Gasteiger partial charge in [0.05, 0.1) is 5.02 Å². The third-order valence-corrected chi connectivity index (χ3v) is 5.91. The monoisotopic (exact) mass is 356 g/mol. The molecule has 0 aromatic carbocycles. The van der Waals surface area contributed by atoms with E-state index in [1.165, 1.54) is 37.9 Å². The van der Waals surface area contributed by atoms with Crippen LogP contribution in [0.3, 0.4) is 0 Å². The van der Waals surface area contributed by atoms with Gasteiger partial charge in [-0.3, -0.25) is 9.88 Å². The maximum atomic E-state index is 5.95. The molecule has 4 rings (SSSR count). The molecule has 2 aliphatic heterocycles. The van der Waals surface area contributed by atoms with Crippen LogP contribution in [0.4, 0.5) is 5.82 Å². The molecule has 2 saturated heterocycles. The van der Waals surface area contributed by atoms with E-state index in [9.17, 15) is 0 Å². The Morgan fingerprint density at radius 1 is 1.00 bits per heavy atom. The maximum absolute atomic E-state index is 5.95. The number of rotatable bonds is 4. The second kappa shape index (κ2) is 7.71. The van der Waals surface area contributed by atoms with Gasteiger partial charge in [-0.15, -0.1) is 0 Å². The Hall–Kier alpha value is -1.65. The number of piperidine rings is 1. The molecule has 2 aromatic heterocycles. The van der Waals surface area contributed by atoms with Crippen LogP contribution in [0.5, 0.6) is 0 Å². The zero-order valence-corrected chi connectivity index (χ0v) is 15.3. The molecule has 1 atom stereocenters. The topological polar surface area (TPSA) is 32.3 Å². The van der Waals surface area contributed by atoms with Crippen LogP contribution in [0.2, 0.25) is 5.02 Å². The molecule has 0 radical (unpaired) electrons. The lowest BCUT2D eigenvalue weighted by Crippen LogP contribution is -2.36. The summed E-state index contributed by atoms with van der Waals surface area (Å²) in [7, 11) is 0. The largest absolute Gasteiger partial charge is 0.356 e. The summed E-state index contributed by atoms with van der Waals surface area (Å²) in [6, 6.07) is 8.18. The van der Waals surface area contributed by atoms with E-state index in [0.29, 0.717) is 5.02 Å². The summed E-state index contributed by atoms with van der Waals surface area (Å²) in [4.78, 5) is 13.7. The lowest BCUT2D eigenvalue weighted by atomic mass is 9.83. The molecule has 2 fully saturated rings. The number of pyridine rings is 2. The Balaban J connectivity index is 1.28. The molecule has 0 unspecified atom stereocenters. The van der Waals surface area contributed by atoms with Gasteiger partial charge in [0.1, 0.15) is 5.82 Å². The highest BCUT2D eigenvalue weighted by atomic mass is 35.5. The number of hydrogen-bond acceptors (Lipinski definition) is 4. The van der Waals surface area contributed by atoms with E-state index >= 15 is 0 Å². The summed E-state index contributed by atoms with van der Waals surface area (Å²) in [5.41, 5.74) is 1.32. The molecule has 2 aromatic rings. The molecule has 5 heteroatoms. The van der Waals surface area contributed by atoms with E-state index < -0.39 is 0 Å². The molecule has 0 saturated carbocycles. The number of likely N-dealkylation sites (tertiary alicyclic amines) is 1. The van der Waals surface area contributed by atoms with Crippen LogP contribution >= 0.6 is 11.6 Å². The number of nitrogens with zero attached hydrogens (tertiary/aromatic N) is 4. The standard InChI is InChI=1S/C20H25ClN4/c21-19-3-4-20(23-13-19)25-11-7-18(15-25)17-5-9-24(10-6-17)14-16-2-1-8-22-12-16/h1-4,8,12-13,17-18H,5-7,9-11,14-15H2/t18-/m1/s1. The average Bonchev–Trinajstić information content (AvgIpc) is 3.14. The third-order valence-electron chi connectivity index (χ3n) is 5.69. The molecule has 0 N–H and O–H groups in total. The smallest absolute Gasteiger partial charge is 0.128 e. The van der Waals surface area contributed by atoms with E-state index in [2.05, 4.69) is 25.8 Å². The van der Waals surface area contributed by atoms with Gasteiger partial charge >= 0.3 is 0 Å². The molecule has 0 bridgehead atoms. The van der Waals surface area contributed by atoms with E-state index in [1.54, 1.807) is 6.20 Å². The van der Waals surface area contributed by atoms with Gasteiger partial charge in [0, 0.05) is 38.2 Å². The summed E-state index contributed by atoms with van der Waals surface area (Å²) in [5.74, 6) is 2.72. The maximum Gasteiger partial charge on any atom is 0.128 e. The first-order chi connectivity index (χ1) is 12.3. The Morgan fingerprint density at radius 2 is 1.84 bits per heavy atom. The molecule has 132 valence electrons. The van der Waals surface area contributed by atoms with E-state index in [0.717, 1.165) is 37.3 Å². The number of anilines is 1. The molecule has 0 aliphatic carbocycles. The number of aromatic nitrogens is 2. The van der Waals surface area contributed by atoms with Crippen LogP contribution < -0.4 is 4.90 Å².